The van der Waals surface area contributed by atoms with E-state index in [4.69, 9.17) is 5.11 Å². The van der Waals surface area contributed by atoms with Gasteiger partial charge in [0.25, 0.3) is 0 Å². The summed E-state index contributed by atoms with van der Waals surface area (Å²) in [7, 11) is 0. The van der Waals surface area contributed by atoms with Crippen molar-refractivity contribution >= 4 is 27.4 Å². The Morgan fingerprint density at radius 2 is 2.14 bits per heavy atom. The van der Waals surface area contributed by atoms with E-state index in [2.05, 4.69) is 0 Å². The molecule has 0 radical (unpaired) electrons. The number of thiophene rings is 1. The molecule has 0 aliphatic heterocycles. The molecular weight excluding hydrogens is 207 g/mol. The quantitative estimate of drug-likeness (QED) is 0.763. The molecule has 2 N–H and O–H groups in total. The van der Waals surface area contributed by atoms with E-state index >= 15 is 0 Å². The Labute approximate surface area is 82.0 Å². The molecule has 0 fully saturated rings. The van der Waals surface area contributed by atoms with E-state index in [-0.39, 0.29) is 11.1 Å². The standard InChI is InChI=1S/C9H5FO3S/c10-4-1-2-6-8(5(11)3-14-6)7(4)9(12)13/h1-3,11H,(H,12,13). The molecule has 0 saturated heterocycles. The van der Waals surface area contributed by atoms with Crippen molar-refractivity contribution in [1.82, 2.24) is 0 Å². The zero-order valence-corrected chi connectivity index (χ0v) is 7.64. The fourth-order valence-electron chi connectivity index (χ4n) is 1.30. The lowest BCUT2D eigenvalue weighted by atomic mass is 10.1. The number of carboxylic acids is 1. The molecule has 0 aliphatic carbocycles. The first-order valence-electron chi connectivity index (χ1n) is 3.73. The fraction of sp³-hybridized carbons (Fsp3) is 0. The van der Waals surface area contributed by atoms with Gasteiger partial charge in [-0.05, 0) is 12.1 Å². The molecule has 0 atom stereocenters. The molecule has 0 saturated carbocycles. The van der Waals surface area contributed by atoms with Crippen LogP contribution in [0.5, 0.6) is 5.75 Å². The minimum absolute atomic E-state index is 0.0718. The number of benzene rings is 1. The zero-order chi connectivity index (χ0) is 10.3. The van der Waals surface area contributed by atoms with Crippen molar-refractivity contribution in [3.63, 3.8) is 0 Å². The SMILES string of the molecule is O=C(O)c1c(F)ccc2scc(O)c12. The molecule has 1 heterocycles. The van der Waals surface area contributed by atoms with Crippen LogP contribution in [-0.4, -0.2) is 16.2 Å². The Balaban J connectivity index is 2.94. The highest BCUT2D eigenvalue weighted by Crippen LogP contribution is 2.34. The van der Waals surface area contributed by atoms with Crippen LogP contribution in [0.25, 0.3) is 10.1 Å². The molecule has 2 rings (SSSR count). The highest BCUT2D eigenvalue weighted by atomic mass is 32.1. The summed E-state index contributed by atoms with van der Waals surface area (Å²) in [6.07, 6.45) is 0. The molecular formula is C9H5FO3S. The van der Waals surface area contributed by atoms with Gasteiger partial charge >= 0.3 is 5.97 Å². The molecule has 0 amide bonds. The molecule has 0 spiro atoms. The van der Waals surface area contributed by atoms with Crippen LogP contribution in [0.2, 0.25) is 0 Å². The van der Waals surface area contributed by atoms with E-state index in [1.807, 2.05) is 0 Å². The number of rotatable bonds is 1. The predicted molar refractivity (Wildman–Crippen MR) is 50.4 cm³/mol. The van der Waals surface area contributed by atoms with Gasteiger partial charge in [0.05, 0.1) is 5.39 Å². The highest BCUT2D eigenvalue weighted by Gasteiger charge is 2.18. The normalized spacial score (nSPS) is 10.6. The first kappa shape index (κ1) is 8.96. The van der Waals surface area contributed by atoms with Gasteiger partial charge in [-0.2, -0.15) is 0 Å². The number of carboxylic acid groups (broad SMARTS) is 1. The average molecular weight is 212 g/mol. The summed E-state index contributed by atoms with van der Waals surface area (Å²) in [6.45, 7) is 0. The van der Waals surface area contributed by atoms with Crippen LogP contribution in [0, 0.1) is 5.82 Å². The number of halogens is 1. The lowest BCUT2D eigenvalue weighted by Gasteiger charge is -1.99. The highest BCUT2D eigenvalue weighted by molar-refractivity contribution is 7.17. The largest absolute Gasteiger partial charge is 0.506 e. The molecule has 0 unspecified atom stereocenters. The van der Waals surface area contributed by atoms with Gasteiger partial charge in [0.15, 0.2) is 0 Å². The number of hydrogen-bond acceptors (Lipinski definition) is 3. The van der Waals surface area contributed by atoms with Gasteiger partial charge < -0.3 is 10.2 Å². The van der Waals surface area contributed by atoms with Gasteiger partial charge in [0, 0.05) is 10.1 Å². The number of fused-ring (bicyclic) bond motifs is 1. The second-order valence-corrected chi connectivity index (χ2v) is 3.63. The first-order valence-corrected chi connectivity index (χ1v) is 4.61. The lowest BCUT2D eigenvalue weighted by molar-refractivity contribution is 0.0694. The van der Waals surface area contributed by atoms with Crippen molar-refractivity contribution in [3.8, 4) is 5.75 Å². The average Bonchev–Trinajstić information content (AvgIpc) is 2.47. The van der Waals surface area contributed by atoms with Crippen molar-refractivity contribution < 1.29 is 19.4 Å². The molecule has 1 aromatic heterocycles. The molecule has 72 valence electrons. The van der Waals surface area contributed by atoms with Crippen molar-refractivity contribution in [1.29, 1.82) is 0 Å². The summed E-state index contributed by atoms with van der Waals surface area (Å²) in [4.78, 5) is 10.7. The van der Waals surface area contributed by atoms with Crippen LogP contribution in [0.1, 0.15) is 10.4 Å². The van der Waals surface area contributed by atoms with Crippen LogP contribution in [0.4, 0.5) is 4.39 Å². The fourth-order valence-corrected chi connectivity index (χ4v) is 2.13. The van der Waals surface area contributed by atoms with Gasteiger partial charge in [-0.1, -0.05) is 0 Å². The summed E-state index contributed by atoms with van der Waals surface area (Å²) < 4.78 is 13.7. The Bertz CT molecular complexity index is 518. The van der Waals surface area contributed by atoms with E-state index in [9.17, 15) is 14.3 Å². The van der Waals surface area contributed by atoms with E-state index in [1.54, 1.807) is 0 Å². The van der Waals surface area contributed by atoms with E-state index in [0.717, 1.165) is 6.07 Å². The molecule has 2 aromatic rings. The van der Waals surface area contributed by atoms with Gasteiger partial charge in [0.1, 0.15) is 17.1 Å². The van der Waals surface area contributed by atoms with Crippen LogP contribution in [-0.2, 0) is 0 Å². The van der Waals surface area contributed by atoms with E-state index in [0.29, 0.717) is 4.70 Å². The molecule has 1 aromatic carbocycles. The third-order valence-corrected chi connectivity index (χ3v) is 2.82. The summed E-state index contributed by atoms with van der Waals surface area (Å²) in [5.74, 6) is -2.40. The number of hydrogen-bond donors (Lipinski definition) is 2. The van der Waals surface area contributed by atoms with Crippen molar-refractivity contribution in [2.24, 2.45) is 0 Å². The number of carbonyl (C=O) groups is 1. The van der Waals surface area contributed by atoms with Crippen LogP contribution < -0.4 is 0 Å². The summed E-state index contributed by atoms with van der Waals surface area (Å²) >= 11 is 1.17. The predicted octanol–water partition coefficient (Wildman–Crippen LogP) is 2.44. The zero-order valence-electron chi connectivity index (χ0n) is 6.82. The Hall–Kier alpha value is -1.62. The lowest BCUT2D eigenvalue weighted by Crippen LogP contribution is -2.00. The van der Waals surface area contributed by atoms with Crippen LogP contribution in [0.3, 0.4) is 0 Å². The minimum atomic E-state index is -1.37. The summed E-state index contributed by atoms with van der Waals surface area (Å²) in [5, 5.41) is 19.6. The van der Waals surface area contributed by atoms with Crippen molar-refractivity contribution in [3.05, 3.63) is 28.9 Å². The summed E-state index contributed by atoms with van der Waals surface area (Å²) in [5.41, 5.74) is -0.471. The first-order chi connectivity index (χ1) is 6.61. The maximum atomic E-state index is 13.1. The minimum Gasteiger partial charge on any atom is -0.506 e. The maximum absolute atomic E-state index is 13.1. The number of aromatic hydroxyl groups is 1. The third-order valence-electron chi connectivity index (χ3n) is 1.88. The van der Waals surface area contributed by atoms with Crippen LogP contribution in [0.15, 0.2) is 17.5 Å². The monoisotopic (exact) mass is 212 g/mol. The Morgan fingerprint density at radius 3 is 2.79 bits per heavy atom. The van der Waals surface area contributed by atoms with E-state index < -0.39 is 17.3 Å². The molecule has 3 nitrogen and oxygen atoms in total. The van der Waals surface area contributed by atoms with Gasteiger partial charge in [-0.3, -0.25) is 0 Å². The molecule has 14 heavy (non-hydrogen) atoms. The topological polar surface area (TPSA) is 57.5 Å². The van der Waals surface area contributed by atoms with Gasteiger partial charge in [-0.15, -0.1) is 11.3 Å². The van der Waals surface area contributed by atoms with Crippen molar-refractivity contribution in [2.45, 2.75) is 0 Å². The molecule has 0 aliphatic rings. The van der Waals surface area contributed by atoms with Crippen LogP contribution >= 0.6 is 11.3 Å². The molecule has 5 heteroatoms. The Morgan fingerprint density at radius 1 is 1.43 bits per heavy atom. The van der Waals surface area contributed by atoms with Gasteiger partial charge in [0.2, 0.25) is 0 Å². The van der Waals surface area contributed by atoms with E-state index in [1.165, 1.54) is 22.8 Å². The maximum Gasteiger partial charge on any atom is 0.339 e. The number of aromatic carboxylic acids is 1. The third kappa shape index (κ3) is 1.13. The molecule has 0 bridgehead atoms. The smallest absolute Gasteiger partial charge is 0.339 e. The Kier molecular flexibility index (Phi) is 1.89. The summed E-state index contributed by atoms with van der Waals surface area (Å²) in [6, 6.07) is 2.53. The van der Waals surface area contributed by atoms with Gasteiger partial charge in [-0.25, -0.2) is 9.18 Å². The second kappa shape index (κ2) is 2.95. The van der Waals surface area contributed by atoms with Crippen molar-refractivity contribution in [2.75, 3.05) is 0 Å². The second-order valence-electron chi connectivity index (χ2n) is 2.72.